The summed E-state index contributed by atoms with van der Waals surface area (Å²) in [4.78, 5) is 31.4. The molecule has 0 radical (unpaired) electrons. The minimum Gasteiger partial charge on any atom is -0.480 e. The molecule has 1 amide bonds. The fourth-order valence-electron chi connectivity index (χ4n) is 2.19. The molecule has 1 heterocycles. The van der Waals surface area contributed by atoms with E-state index in [2.05, 4.69) is 20.6 Å². The molecule has 3 N–H and O–H groups in total. The van der Waals surface area contributed by atoms with E-state index in [9.17, 15) is 9.59 Å². The third-order valence-corrected chi connectivity index (χ3v) is 3.33. The van der Waals surface area contributed by atoms with Gasteiger partial charge in [-0.15, -0.1) is 0 Å². The Morgan fingerprint density at radius 1 is 1.22 bits per heavy atom. The van der Waals surface area contributed by atoms with E-state index in [0.717, 1.165) is 24.2 Å². The summed E-state index contributed by atoms with van der Waals surface area (Å²) < 4.78 is 0. The standard InChI is InChI=1S/C16H26N4O3/c1-4-5-7-13(15(22)23)20-14(21)8-6-9-17-16-18-11(2)10-12(3)19-16/h10,13H,4-9H2,1-3H3,(H,20,21)(H,22,23)(H,17,18,19). The lowest BCUT2D eigenvalue weighted by Crippen LogP contribution is -2.40. The van der Waals surface area contributed by atoms with E-state index in [1.807, 2.05) is 26.8 Å². The van der Waals surface area contributed by atoms with Gasteiger partial charge >= 0.3 is 5.97 Å². The zero-order valence-electron chi connectivity index (χ0n) is 14.1. The Bertz CT molecular complexity index is 514. The molecule has 0 aromatic carbocycles. The quantitative estimate of drug-likeness (QED) is 0.569. The summed E-state index contributed by atoms with van der Waals surface area (Å²) >= 11 is 0. The molecule has 1 atom stereocenters. The maximum Gasteiger partial charge on any atom is 0.326 e. The van der Waals surface area contributed by atoms with Gasteiger partial charge in [-0.3, -0.25) is 4.79 Å². The Hall–Kier alpha value is -2.18. The van der Waals surface area contributed by atoms with Crippen LogP contribution in [-0.2, 0) is 9.59 Å². The molecule has 0 aliphatic heterocycles. The number of rotatable bonds is 10. The fraction of sp³-hybridized carbons (Fsp3) is 0.625. The first-order valence-corrected chi connectivity index (χ1v) is 8.00. The number of amides is 1. The molecule has 0 aliphatic rings. The van der Waals surface area contributed by atoms with E-state index >= 15 is 0 Å². The Balaban J connectivity index is 2.31. The number of nitrogens with one attached hydrogen (secondary N) is 2. The predicted octanol–water partition coefficient (Wildman–Crippen LogP) is 2.05. The van der Waals surface area contributed by atoms with E-state index in [1.165, 1.54) is 0 Å². The van der Waals surface area contributed by atoms with Gasteiger partial charge < -0.3 is 15.7 Å². The van der Waals surface area contributed by atoms with E-state index in [1.54, 1.807) is 0 Å². The highest BCUT2D eigenvalue weighted by Gasteiger charge is 2.18. The Labute approximate surface area is 136 Å². The molecule has 1 aromatic heterocycles. The average molecular weight is 322 g/mol. The summed E-state index contributed by atoms with van der Waals surface area (Å²) in [7, 11) is 0. The molecule has 7 nitrogen and oxygen atoms in total. The van der Waals surface area contributed by atoms with Gasteiger partial charge in [-0.1, -0.05) is 19.8 Å². The third kappa shape index (κ3) is 7.58. The van der Waals surface area contributed by atoms with Gasteiger partial charge in [0.2, 0.25) is 11.9 Å². The van der Waals surface area contributed by atoms with Crippen LogP contribution in [0.15, 0.2) is 6.07 Å². The van der Waals surface area contributed by atoms with E-state index < -0.39 is 12.0 Å². The topological polar surface area (TPSA) is 104 Å². The number of carboxylic acids is 1. The maximum absolute atomic E-state index is 11.8. The van der Waals surface area contributed by atoms with Crippen molar-refractivity contribution in [2.24, 2.45) is 0 Å². The summed E-state index contributed by atoms with van der Waals surface area (Å²) in [5, 5.41) is 14.7. The Morgan fingerprint density at radius 2 is 1.87 bits per heavy atom. The Morgan fingerprint density at radius 3 is 2.43 bits per heavy atom. The highest BCUT2D eigenvalue weighted by atomic mass is 16.4. The number of aryl methyl sites for hydroxylation is 2. The SMILES string of the molecule is CCCCC(NC(=O)CCCNc1nc(C)cc(C)n1)C(=O)O. The molecule has 0 saturated carbocycles. The lowest BCUT2D eigenvalue weighted by atomic mass is 10.1. The van der Waals surface area contributed by atoms with Crippen LogP contribution in [0.4, 0.5) is 5.95 Å². The van der Waals surface area contributed by atoms with Gasteiger partial charge in [-0.05, 0) is 32.8 Å². The smallest absolute Gasteiger partial charge is 0.326 e. The average Bonchev–Trinajstić information content (AvgIpc) is 2.46. The van der Waals surface area contributed by atoms with Gasteiger partial charge in [0.15, 0.2) is 0 Å². The number of unbranched alkanes of at least 4 members (excludes halogenated alkanes) is 1. The molecule has 1 aromatic rings. The van der Waals surface area contributed by atoms with Gasteiger partial charge in [0.1, 0.15) is 6.04 Å². The van der Waals surface area contributed by atoms with Crippen LogP contribution in [0.1, 0.15) is 50.4 Å². The third-order valence-electron chi connectivity index (χ3n) is 3.33. The number of aliphatic carboxylic acids is 1. The fourth-order valence-corrected chi connectivity index (χ4v) is 2.19. The van der Waals surface area contributed by atoms with Gasteiger partial charge in [-0.25, -0.2) is 14.8 Å². The van der Waals surface area contributed by atoms with Gasteiger partial charge in [0.05, 0.1) is 0 Å². The molecule has 0 fully saturated rings. The minimum absolute atomic E-state index is 0.239. The number of carbonyl (C=O) groups excluding carboxylic acids is 1. The molecule has 1 rings (SSSR count). The van der Waals surface area contributed by atoms with Crippen LogP contribution in [0.3, 0.4) is 0 Å². The molecule has 0 saturated heterocycles. The molecule has 128 valence electrons. The lowest BCUT2D eigenvalue weighted by Gasteiger charge is -2.14. The van der Waals surface area contributed by atoms with Crippen molar-refractivity contribution >= 4 is 17.8 Å². The summed E-state index contributed by atoms with van der Waals surface area (Å²) in [6.45, 7) is 6.34. The molecular weight excluding hydrogens is 296 g/mol. The van der Waals surface area contributed by atoms with Crippen molar-refractivity contribution in [3.05, 3.63) is 17.5 Å². The number of aromatic nitrogens is 2. The minimum atomic E-state index is -0.978. The summed E-state index contributed by atoms with van der Waals surface area (Å²) in [5.74, 6) is -0.667. The zero-order chi connectivity index (χ0) is 17.2. The van der Waals surface area contributed by atoms with Crippen molar-refractivity contribution in [3.8, 4) is 0 Å². The molecule has 0 aliphatic carbocycles. The number of hydrogen-bond acceptors (Lipinski definition) is 5. The summed E-state index contributed by atoms with van der Waals surface area (Å²) in [6.07, 6.45) is 3.00. The number of nitrogens with zero attached hydrogens (tertiary/aromatic N) is 2. The van der Waals surface area contributed by atoms with Crippen LogP contribution < -0.4 is 10.6 Å². The van der Waals surface area contributed by atoms with Crippen molar-refractivity contribution in [1.29, 1.82) is 0 Å². The van der Waals surface area contributed by atoms with Crippen molar-refractivity contribution in [3.63, 3.8) is 0 Å². The van der Waals surface area contributed by atoms with Crippen molar-refractivity contribution in [2.45, 2.75) is 58.9 Å². The zero-order valence-corrected chi connectivity index (χ0v) is 14.1. The van der Waals surface area contributed by atoms with Gasteiger partial charge in [-0.2, -0.15) is 0 Å². The number of carbonyl (C=O) groups is 2. The van der Waals surface area contributed by atoms with Crippen LogP contribution >= 0.6 is 0 Å². The van der Waals surface area contributed by atoms with Crippen molar-refractivity contribution < 1.29 is 14.7 Å². The van der Waals surface area contributed by atoms with Gasteiger partial charge in [0.25, 0.3) is 0 Å². The molecule has 0 bridgehead atoms. The highest BCUT2D eigenvalue weighted by Crippen LogP contribution is 2.05. The van der Waals surface area contributed by atoms with Crippen LogP contribution in [0.5, 0.6) is 0 Å². The number of carboxylic acid groups (broad SMARTS) is 1. The first kappa shape index (κ1) is 18.9. The lowest BCUT2D eigenvalue weighted by molar-refractivity contribution is -0.142. The van der Waals surface area contributed by atoms with E-state index in [0.29, 0.717) is 25.3 Å². The Kier molecular flexibility index (Phi) is 8.01. The largest absolute Gasteiger partial charge is 0.480 e. The normalized spacial score (nSPS) is 11.8. The van der Waals surface area contributed by atoms with Crippen LogP contribution in [0.2, 0.25) is 0 Å². The van der Waals surface area contributed by atoms with E-state index in [4.69, 9.17) is 5.11 Å². The van der Waals surface area contributed by atoms with Crippen molar-refractivity contribution in [2.75, 3.05) is 11.9 Å². The highest BCUT2D eigenvalue weighted by molar-refractivity contribution is 5.83. The first-order chi connectivity index (χ1) is 10.9. The number of hydrogen-bond donors (Lipinski definition) is 3. The molecule has 0 spiro atoms. The predicted molar refractivity (Wildman–Crippen MR) is 88.3 cm³/mol. The molecule has 7 heteroatoms. The van der Waals surface area contributed by atoms with Crippen LogP contribution in [-0.4, -0.2) is 39.5 Å². The first-order valence-electron chi connectivity index (χ1n) is 8.00. The number of anilines is 1. The maximum atomic E-state index is 11.8. The van der Waals surface area contributed by atoms with Crippen LogP contribution in [0, 0.1) is 13.8 Å². The molecule has 23 heavy (non-hydrogen) atoms. The molecule has 1 unspecified atom stereocenters. The summed E-state index contributed by atoms with van der Waals surface area (Å²) in [6, 6.07) is 1.10. The molecular formula is C16H26N4O3. The second-order valence-electron chi connectivity index (χ2n) is 5.61. The van der Waals surface area contributed by atoms with Crippen LogP contribution in [0.25, 0.3) is 0 Å². The van der Waals surface area contributed by atoms with E-state index in [-0.39, 0.29) is 12.3 Å². The second kappa shape index (κ2) is 9.76. The second-order valence-corrected chi connectivity index (χ2v) is 5.61. The van der Waals surface area contributed by atoms with Gasteiger partial charge in [0, 0.05) is 24.4 Å². The monoisotopic (exact) mass is 322 g/mol. The summed E-state index contributed by atoms with van der Waals surface area (Å²) in [5.41, 5.74) is 1.77. The van der Waals surface area contributed by atoms with Crippen molar-refractivity contribution in [1.82, 2.24) is 15.3 Å².